The summed E-state index contributed by atoms with van der Waals surface area (Å²) in [5.41, 5.74) is -3.05. The summed E-state index contributed by atoms with van der Waals surface area (Å²) in [6.45, 7) is 2.66. The van der Waals surface area contributed by atoms with Crippen molar-refractivity contribution in [2.45, 2.75) is 51.6 Å². The average Bonchev–Trinajstić information content (AvgIpc) is 3.43. The van der Waals surface area contributed by atoms with E-state index >= 15 is 0 Å². The molecule has 5 rings (SSSR count). The van der Waals surface area contributed by atoms with E-state index < -0.39 is 36.2 Å². The van der Waals surface area contributed by atoms with Gasteiger partial charge in [0.15, 0.2) is 17.2 Å². The van der Waals surface area contributed by atoms with Gasteiger partial charge >= 0.3 is 12.4 Å². The maximum atomic E-state index is 13.7. The van der Waals surface area contributed by atoms with Crippen molar-refractivity contribution in [3.63, 3.8) is 0 Å². The number of alkyl halides is 6. The third-order valence-corrected chi connectivity index (χ3v) is 6.99. The molecule has 3 heterocycles. The highest BCUT2D eigenvalue weighted by atomic mass is 127. The van der Waals surface area contributed by atoms with Gasteiger partial charge in [-0.05, 0) is 84.7 Å². The van der Waals surface area contributed by atoms with Crippen molar-refractivity contribution in [1.29, 1.82) is 0 Å². The summed E-state index contributed by atoms with van der Waals surface area (Å²) in [6.07, 6.45) is -7.69. The lowest BCUT2D eigenvalue weighted by Crippen LogP contribution is -2.28. The summed E-state index contributed by atoms with van der Waals surface area (Å²) < 4.78 is 81.5. The Hall–Kier alpha value is -4.03. The van der Waals surface area contributed by atoms with Crippen LogP contribution >= 0.6 is 22.6 Å². The van der Waals surface area contributed by atoms with Gasteiger partial charge in [0.2, 0.25) is 0 Å². The van der Waals surface area contributed by atoms with Crippen molar-refractivity contribution in [3.05, 3.63) is 79.6 Å². The van der Waals surface area contributed by atoms with Crippen LogP contribution in [-0.2, 0) is 18.9 Å². The molecule has 1 fully saturated rings. The molecule has 1 aliphatic rings. The Morgan fingerprint density at radius 2 is 1.60 bits per heavy atom. The minimum atomic E-state index is -5.41. The molecule has 43 heavy (non-hydrogen) atoms. The number of nitrogens with one attached hydrogen (secondary N) is 2. The SMILES string of the molecule is Cc1cccnc1-n1nc(Cn2nc(C(F)(F)F)c(C(F)(F)F)n2)cc1C(=O)Nc1c(C)cc(I)cc1C(=O)NC1CC1. The second kappa shape index (κ2) is 11.2. The third kappa shape index (κ3) is 6.65. The third-order valence-electron chi connectivity index (χ3n) is 6.37. The quantitative estimate of drug-likeness (QED) is 0.198. The second-order valence-corrected chi connectivity index (χ2v) is 11.1. The molecule has 3 aromatic heterocycles. The highest BCUT2D eigenvalue weighted by Gasteiger charge is 2.48. The van der Waals surface area contributed by atoms with Crippen LogP contribution in [0.3, 0.4) is 0 Å². The molecule has 0 unspecified atom stereocenters. The van der Waals surface area contributed by atoms with E-state index in [1.54, 1.807) is 38.1 Å². The zero-order valence-corrected chi connectivity index (χ0v) is 24.5. The first-order valence-corrected chi connectivity index (χ1v) is 13.7. The first kappa shape index (κ1) is 30.4. The molecule has 10 nitrogen and oxygen atoms in total. The Morgan fingerprint density at radius 1 is 0.953 bits per heavy atom. The van der Waals surface area contributed by atoms with E-state index in [2.05, 4.69) is 30.9 Å². The number of benzene rings is 1. The lowest BCUT2D eigenvalue weighted by Gasteiger charge is -2.15. The summed E-state index contributed by atoms with van der Waals surface area (Å²) in [7, 11) is 0. The van der Waals surface area contributed by atoms with Gasteiger partial charge in [0, 0.05) is 15.8 Å². The van der Waals surface area contributed by atoms with Gasteiger partial charge < -0.3 is 10.6 Å². The summed E-state index contributed by atoms with van der Waals surface area (Å²) in [6, 6.07) is 7.92. The predicted molar refractivity (Wildman–Crippen MR) is 148 cm³/mol. The van der Waals surface area contributed by atoms with Crippen LogP contribution < -0.4 is 10.6 Å². The normalized spacial score (nSPS) is 13.7. The molecule has 2 amide bonds. The molecule has 4 aromatic rings. The van der Waals surface area contributed by atoms with Gasteiger partial charge in [-0.15, -0.1) is 10.2 Å². The lowest BCUT2D eigenvalue weighted by atomic mass is 10.1. The predicted octanol–water partition coefficient (Wildman–Crippen LogP) is 5.31. The van der Waals surface area contributed by atoms with Crippen LogP contribution in [0, 0.1) is 17.4 Å². The number of halogens is 7. The van der Waals surface area contributed by atoms with Crippen LogP contribution in [0.4, 0.5) is 32.0 Å². The number of hydrogen-bond donors (Lipinski definition) is 2. The molecule has 226 valence electrons. The molecule has 0 spiro atoms. The van der Waals surface area contributed by atoms with Gasteiger partial charge in [0.25, 0.3) is 11.8 Å². The van der Waals surface area contributed by atoms with Crippen molar-refractivity contribution in [3.8, 4) is 5.82 Å². The number of carbonyl (C=O) groups excluding carboxylic acids is 2. The number of hydrogen-bond acceptors (Lipinski definition) is 6. The zero-order valence-electron chi connectivity index (χ0n) is 22.3. The fraction of sp³-hybridized carbons (Fsp3) is 0.308. The molecular weight excluding hydrogens is 697 g/mol. The van der Waals surface area contributed by atoms with E-state index in [1.165, 1.54) is 12.3 Å². The Labute approximate surface area is 253 Å². The summed E-state index contributed by atoms with van der Waals surface area (Å²) in [4.78, 5) is 31.1. The molecule has 17 heteroatoms. The van der Waals surface area contributed by atoms with Crippen molar-refractivity contribution in [2.24, 2.45) is 0 Å². The van der Waals surface area contributed by atoms with Crippen molar-refractivity contribution in [2.75, 3.05) is 5.32 Å². The van der Waals surface area contributed by atoms with Crippen molar-refractivity contribution >= 4 is 40.1 Å². The lowest BCUT2D eigenvalue weighted by molar-refractivity contribution is -0.165. The number of aryl methyl sites for hydroxylation is 2. The second-order valence-electron chi connectivity index (χ2n) is 9.85. The molecule has 1 aliphatic carbocycles. The van der Waals surface area contributed by atoms with E-state index in [4.69, 9.17) is 0 Å². The van der Waals surface area contributed by atoms with Crippen LogP contribution in [0.1, 0.15) is 61.9 Å². The molecule has 0 radical (unpaired) electrons. The Bertz CT molecular complexity index is 1690. The standard InChI is InChI=1S/C26H21F6IN8O2/c1-12-4-3-7-34-22(12)41-18(10-16(37-41)11-40-38-20(25(27,28)29)21(39-40)26(30,31)32)24(43)36-19-13(2)8-14(33)9-17(19)23(42)35-15-5-6-15/h3-4,7-10,15H,5-6,11H2,1-2H3,(H,35,42)(H,36,43). The molecule has 1 saturated carbocycles. The van der Waals surface area contributed by atoms with Gasteiger partial charge in [-0.1, -0.05) is 6.07 Å². The molecule has 0 atom stereocenters. The van der Waals surface area contributed by atoms with Crippen LogP contribution in [-0.4, -0.2) is 47.6 Å². The zero-order chi connectivity index (χ0) is 31.3. The number of carbonyl (C=O) groups is 2. The summed E-state index contributed by atoms with van der Waals surface area (Å²) >= 11 is 2.05. The summed E-state index contributed by atoms with van der Waals surface area (Å²) in [5, 5.41) is 15.9. The highest BCUT2D eigenvalue weighted by molar-refractivity contribution is 14.1. The number of amides is 2. The van der Waals surface area contributed by atoms with Crippen LogP contribution in [0.25, 0.3) is 5.82 Å². The highest BCUT2D eigenvalue weighted by Crippen LogP contribution is 2.38. The number of rotatable bonds is 7. The number of nitrogens with zero attached hydrogens (tertiary/aromatic N) is 6. The van der Waals surface area contributed by atoms with Crippen molar-refractivity contribution in [1.82, 2.24) is 35.1 Å². The molecule has 1 aromatic carbocycles. The smallest absolute Gasteiger partial charge is 0.349 e. The topological polar surface area (TPSA) is 120 Å². The average molecular weight is 718 g/mol. The number of anilines is 1. The van der Waals surface area contributed by atoms with Gasteiger partial charge in [-0.25, -0.2) is 9.67 Å². The summed E-state index contributed by atoms with van der Waals surface area (Å²) in [5.74, 6) is -0.945. The van der Waals surface area contributed by atoms with Gasteiger partial charge in [0.1, 0.15) is 12.2 Å². The van der Waals surface area contributed by atoms with E-state index in [-0.39, 0.29) is 45.2 Å². The van der Waals surface area contributed by atoms with Gasteiger partial charge in [0.05, 0.1) is 16.9 Å². The van der Waals surface area contributed by atoms with Crippen LogP contribution in [0.5, 0.6) is 0 Å². The number of pyridine rings is 1. The first-order chi connectivity index (χ1) is 20.1. The van der Waals surface area contributed by atoms with Crippen LogP contribution in [0.2, 0.25) is 0 Å². The number of aromatic nitrogens is 6. The Kier molecular flexibility index (Phi) is 7.95. The Balaban J connectivity index is 1.54. The fourth-order valence-electron chi connectivity index (χ4n) is 4.23. The monoisotopic (exact) mass is 718 g/mol. The van der Waals surface area contributed by atoms with E-state index in [9.17, 15) is 35.9 Å². The van der Waals surface area contributed by atoms with Gasteiger partial charge in [-0.3, -0.25) is 9.59 Å². The minimum Gasteiger partial charge on any atom is -0.349 e. The van der Waals surface area contributed by atoms with Crippen LogP contribution in [0.15, 0.2) is 36.5 Å². The maximum absolute atomic E-state index is 13.7. The van der Waals surface area contributed by atoms with Crippen molar-refractivity contribution < 1.29 is 35.9 Å². The maximum Gasteiger partial charge on any atom is 0.437 e. The van der Waals surface area contributed by atoms with E-state index in [1.807, 2.05) is 22.6 Å². The Morgan fingerprint density at radius 3 is 2.19 bits per heavy atom. The first-order valence-electron chi connectivity index (χ1n) is 12.6. The van der Waals surface area contributed by atoms with Gasteiger partial charge in [-0.2, -0.15) is 36.2 Å². The molecule has 0 saturated heterocycles. The largest absolute Gasteiger partial charge is 0.437 e. The van der Waals surface area contributed by atoms with E-state index in [0.717, 1.165) is 21.1 Å². The molecule has 2 N–H and O–H groups in total. The molecule has 0 aliphatic heterocycles. The molecule has 0 bridgehead atoms. The molecular formula is C26H21F6IN8O2. The fourth-order valence-corrected chi connectivity index (χ4v) is 5.01. The minimum absolute atomic E-state index is 0.0528. The van der Waals surface area contributed by atoms with E-state index in [0.29, 0.717) is 11.1 Å².